The van der Waals surface area contributed by atoms with Crippen LogP contribution in [0.2, 0.25) is 10.0 Å². The Kier molecular flexibility index (Phi) is 6.56. The first-order chi connectivity index (χ1) is 11.9. The molecule has 25 heavy (non-hydrogen) atoms. The number of hydrazone groups is 1. The molecule has 5 nitrogen and oxygen atoms in total. The quantitative estimate of drug-likeness (QED) is 0.600. The van der Waals surface area contributed by atoms with Crippen LogP contribution < -0.4 is 10.7 Å². The second-order valence-corrected chi connectivity index (χ2v) is 6.43. The van der Waals surface area contributed by atoms with Crippen LogP contribution in [-0.4, -0.2) is 18.0 Å². The molecule has 0 aromatic heterocycles. The Hall–Kier alpha value is -2.37. The highest BCUT2D eigenvalue weighted by Crippen LogP contribution is 2.19. The molecule has 2 N–H and O–H groups in total. The van der Waals surface area contributed by atoms with Gasteiger partial charge in [0.1, 0.15) is 0 Å². The molecular weight excluding hydrogens is 361 g/mol. The Balaban J connectivity index is 1.96. The highest BCUT2D eigenvalue weighted by Gasteiger charge is 2.08. The lowest BCUT2D eigenvalue weighted by molar-refractivity contribution is -0.118. The molecule has 0 aliphatic heterocycles. The predicted molar refractivity (Wildman–Crippen MR) is 101 cm³/mol. The zero-order valence-electron chi connectivity index (χ0n) is 13.7. The van der Waals surface area contributed by atoms with Crippen LogP contribution in [0.5, 0.6) is 0 Å². The Morgan fingerprint density at radius 1 is 1.08 bits per heavy atom. The summed E-state index contributed by atoms with van der Waals surface area (Å²) in [6.45, 7) is 3.62. The fourth-order valence-corrected chi connectivity index (χ4v) is 2.28. The van der Waals surface area contributed by atoms with E-state index < -0.39 is 0 Å². The van der Waals surface area contributed by atoms with E-state index in [1.54, 1.807) is 42.5 Å². The summed E-state index contributed by atoms with van der Waals surface area (Å²) in [7, 11) is 0. The third-order valence-electron chi connectivity index (χ3n) is 3.27. The number of anilines is 1. The van der Waals surface area contributed by atoms with Crippen molar-refractivity contribution in [3.63, 3.8) is 0 Å². The highest BCUT2D eigenvalue weighted by atomic mass is 35.5. The normalized spacial score (nSPS) is 10.9. The first kappa shape index (κ1) is 19.0. The van der Waals surface area contributed by atoms with Gasteiger partial charge in [0, 0.05) is 27.8 Å². The number of amides is 2. The predicted octanol–water partition coefficient (Wildman–Crippen LogP) is 4.35. The molecule has 0 spiro atoms. The molecule has 7 heteroatoms. The largest absolute Gasteiger partial charge is 0.326 e. The van der Waals surface area contributed by atoms with Crippen molar-refractivity contribution < 1.29 is 9.59 Å². The number of rotatable bonds is 5. The molecule has 0 radical (unpaired) electrons. The van der Waals surface area contributed by atoms with Crippen molar-refractivity contribution in [3.05, 3.63) is 63.6 Å². The van der Waals surface area contributed by atoms with Crippen molar-refractivity contribution in [2.45, 2.75) is 13.8 Å². The molecule has 2 aromatic rings. The summed E-state index contributed by atoms with van der Waals surface area (Å²) in [5.41, 5.74) is 4.11. The fourth-order valence-electron chi connectivity index (χ4n) is 1.82. The highest BCUT2D eigenvalue weighted by molar-refractivity contribution is 6.36. The minimum Gasteiger partial charge on any atom is -0.326 e. The molecule has 0 saturated carbocycles. The third-order valence-corrected chi connectivity index (χ3v) is 3.83. The Bertz CT molecular complexity index is 802. The van der Waals surface area contributed by atoms with Crippen molar-refractivity contribution in [3.8, 4) is 0 Å². The van der Waals surface area contributed by atoms with Crippen molar-refractivity contribution in [1.82, 2.24) is 5.43 Å². The minimum absolute atomic E-state index is 0.0818. The topological polar surface area (TPSA) is 70.6 Å². The van der Waals surface area contributed by atoms with E-state index in [1.165, 1.54) is 6.21 Å². The first-order valence-corrected chi connectivity index (χ1v) is 8.32. The second-order valence-electron chi connectivity index (χ2n) is 5.59. The van der Waals surface area contributed by atoms with E-state index in [0.717, 1.165) is 0 Å². The zero-order chi connectivity index (χ0) is 18.4. The molecule has 0 aliphatic carbocycles. The zero-order valence-corrected chi connectivity index (χ0v) is 15.2. The van der Waals surface area contributed by atoms with Crippen LogP contribution in [0.15, 0.2) is 47.6 Å². The molecule has 0 unspecified atom stereocenters. The van der Waals surface area contributed by atoms with E-state index >= 15 is 0 Å². The summed E-state index contributed by atoms with van der Waals surface area (Å²) in [5, 5.41) is 7.60. The maximum absolute atomic E-state index is 12.0. The lowest BCUT2D eigenvalue weighted by atomic mass is 10.1. The molecule has 0 atom stereocenters. The monoisotopic (exact) mass is 377 g/mol. The SMILES string of the molecule is CC(C)C(=O)Nc1ccc(C(=O)N/N=C/c2ccc(Cl)cc2Cl)cc1. The summed E-state index contributed by atoms with van der Waals surface area (Å²) < 4.78 is 0. The van der Waals surface area contributed by atoms with E-state index in [1.807, 2.05) is 13.8 Å². The number of nitrogens with one attached hydrogen (secondary N) is 2. The summed E-state index contributed by atoms with van der Waals surface area (Å²) >= 11 is 11.8. The standard InChI is InChI=1S/C18H17Cl2N3O2/c1-11(2)17(24)22-15-7-4-12(5-8-15)18(25)23-21-10-13-3-6-14(19)9-16(13)20/h3-11H,1-2H3,(H,22,24)(H,23,25)/b21-10+. The molecule has 2 rings (SSSR count). The average Bonchev–Trinajstić information content (AvgIpc) is 2.57. The number of halogens is 2. The molecular formula is C18H17Cl2N3O2. The van der Waals surface area contributed by atoms with E-state index in [-0.39, 0.29) is 17.7 Å². The van der Waals surface area contributed by atoms with Crippen LogP contribution >= 0.6 is 23.2 Å². The van der Waals surface area contributed by atoms with Gasteiger partial charge in [0.15, 0.2) is 0 Å². The summed E-state index contributed by atoms with van der Waals surface area (Å²) in [6, 6.07) is 11.5. The van der Waals surface area contributed by atoms with Crippen molar-refractivity contribution >= 4 is 46.9 Å². The second kappa shape index (κ2) is 8.65. The molecule has 130 valence electrons. The summed E-state index contributed by atoms with van der Waals surface area (Å²) in [4.78, 5) is 23.7. The lowest BCUT2D eigenvalue weighted by Gasteiger charge is -2.08. The number of hydrogen-bond donors (Lipinski definition) is 2. The van der Waals surface area contributed by atoms with Gasteiger partial charge in [-0.25, -0.2) is 5.43 Å². The molecule has 0 heterocycles. The maximum Gasteiger partial charge on any atom is 0.271 e. The summed E-state index contributed by atoms with van der Waals surface area (Å²) in [5.74, 6) is -0.568. The van der Waals surface area contributed by atoms with Crippen LogP contribution in [0.1, 0.15) is 29.8 Å². The number of hydrogen-bond acceptors (Lipinski definition) is 3. The number of benzene rings is 2. The van der Waals surface area contributed by atoms with Crippen LogP contribution in [0.25, 0.3) is 0 Å². The van der Waals surface area contributed by atoms with Gasteiger partial charge in [0.25, 0.3) is 5.91 Å². The third kappa shape index (κ3) is 5.59. The summed E-state index contributed by atoms with van der Waals surface area (Å²) in [6.07, 6.45) is 1.44. The van der Waals surface area contributed by atoms with Gasteiger partial charge in [-0.3, -0.25) is 9.59 Å². The molecule has 0 fully saturated rings. The van der Waals surface area contributed by atoms with Gasteiger partial charge in [0.2, 0.25) is 5.91 Å². The van der Waals surface area contributed by atoms with Gasteiger partial charge < -0.3 is 5.32 Å². The Labute approximate surface area is 156 Å². The van der Waals surface area contributed by atoms with Gasteiger partial charge in [-0.1, -0.05) is 43.1 Å². The first-order valence-electron chi connectivity index (χ1n) is 7.56. The molecule has 0 bridgehead atoms. The minimum atomic E-state index is -0.372. The number of nitrogens with zero attached hydrogens (tertiary/aromatic N) is 1. The van der Waals surface area contributed by atoms with Crippen LogP contribution in [0.3, 0.4) is 0 Å². The van der Waals surface area contributed by atoms with Crippen molar-refractivity contribution in [1.29, 1.82) is 0 Å². The average molecular weight is 378 g/mol. The molecule has 0 aliphatic rings. The van der Waals surface area contributed by atoms with Gasteiger partial charge in [-0.15, -0.1) is 0 Å². The number of carbonyl (C=O) groups is 2. The van der Waals surface area contributed by atoms with Crippen LogP contribution in [0.4, 0.5) is 5.69 Å². The molecule has 2 amide bonds. The molecule has 0 saturated heterocycles. The maximum atomic E-state index is 12.0. The van der Waals surface area contributed by atoms with Crippen LogP contribution in [0, 0.1) is 5.92 Å². The van der Waals surface area contributed by atoms with Crippen LogP contribution in [-0.2, 0) is 4.79 Å². The van der Waals surface area contributed by atoms with Gasteiger partial charge in [-0.2, -0.15) is 5.10 Å². The van der Waals surface area contributed by atoms with Gasteiger partial charge in [-0.05, 0) is 36.4 Å². The molecule has 2 aromatic carbocycles. The van der Waals surface area contributed by atoms with E-state index in [2.05, 4.69) is 15.8 Å². The smallest absolute Gasteiger partial charge is 0.271 e. The van der Waals surface area contributed by atoms with Gasteiger partial charge in [0.05, 0.1) is 11.2 Å². The lowest BCUT2D eigenvalue weighted by Crippen LogP contribution is -2.19. The van der Waals surface area contributed by atoms with Crippen molar-refractivity contribution in [2.75, 3.05) is 5.32 Å². The van der Waals surface area contributed by atoms with Gasteiger partial charge >= 0.3 is 0 Å². The van der Waals surface area contributed by atoms with Crippen molar-refractivity contribution in [2.24, 2.45) is 11.0 Å². The Morgan fingerprint density at radius 3 is 2.36 bits per heavy atom. The Morgan fingerprint density at radius 2 is 1.76 bits per heavy atom. The van der Waals surface area contributed by atoms with E-state index in [9.17, 15) is 9.59 Å². The fraction of sp³-hybridized carbons (Fsp3) is 0.167. The van der Waals surface area contributed by atoms with E-state index in [0.29, 0.717) is 26.9 Å². The van der Waals surface area contributed by atoms with E-state index in [4.69, 9.17) is 23.2 Å². The number of carbonyl (C=O) groups excluding carboxylic acids is 2.